The molecule has 0 aliphatic carbocycles. The number of carbonyl (C=O) groups excluding carboxylic acids is 2. The quantitative estimate of drug-likeness (QED) is 0.484. The van der Waals surface area contributed by atoms with Crippen LogP contribution in [0.1, 0.15) is 32.3 Å². The first-order chi connectivity index (χ1) is 14.5. The molecule has 0 saturated carbocycles. The van der Waals surface area contributed by atoms with E-state index in [9.17, 15) is 9.59 Å². The molecule has 162 valence electrons. The first-order valence-corrected chi connectivity index (χ1v) is 11.3. The monoisotopic (exact) mass is 494 g/mol. The minimum atomic E-state index is -0.537. The summed E-state index contributed by atoms with van der Waals surface area (Å²) in [6.45, 7) is 4.77. The van der Waals surface area contributed by atoms with Crippen LogP contribution in [0.4, 0.5) is 0 Å². The summed E-state index contributed by atoms with van der Waals surface area (Å²) in [4.78, 5) is 27.4. The topological polar surface area (TPSA) is 58.6 Å². The number of nitrogens with zero attached hydrogens (tertiary/aromatic N) is 1. The normalized spacial score (nSPS) is 11.6. The zero-order valence-electron chi connectivity index (χ0n) is 17.4. The molecule has 2 aromatic carbocycles. The Morgan fingerprint density at radius 2 is 1.90 bits per heavy atom. The number of carbonyl (C=O) groups is 2. The number of hydrogen-bond acceptors (Lipinski definition) is 3. The third-order valence-electron chi connectivity index (χ3n) is 4.66. The summed E-state index contributed by atoms with van der Waals surface area (Å²) in [5.74, 6) is 0.166. The van der Waals surface area contributed by atoms with Crippen LogP contribution in [0.5, 0.6) is 5.75 Å². The SMILES string of the molecule is CCCNC(=O)C(CC)N(CCc1ccccc1)C(=O)COc1ccc(Cl)cc1Br. The van der Waals surface area contributed by atoms with Gasteiger partial charge in [0.2, 0.25) is 5.91 Å². The lowest BCUT2D eigenvalue weighted by molar-refractivity contribution is -0.142. The Kier molecular flexibility index (Phi) is 10.2. The molecular weight excluding hydrogens is 468 g/mol. The molecule has 2 amide bonds. The van der Waals surface area contributed by atoms with Gasteiger partial charge in [-0.25, -0.2) is 0 Å². The highest BCUT2D eigenvalue weighted by atomic mass is 79.9. The van der Waals surface area contributed by atoms with E-state index in [4.69, 9.17) is 16.3 Å². The maximum Gasteiger partial charge on any atom is 0.261 e. The Bertz CT molecular complexity index is 832. The molecule has 0 aliphatic heterocycles. The van der Waals surface area contributed by atoms with E-state index in [1.54, 1.807) is 23.1 Å². The van der Waals surface area contributed by atoms with Crippen LogP contribution in [0.3, 0.4) is 0 Å². The number of halogens is 2. The Morgan fingerprint density at radius 3 is 2.53 bits per heavy atom. The fourth-order valence-corrected chi connectivity index (χ4v) is 3.87. The molecule has 0 aliphatic rings. The van der Waals surface area contributed by atoms with Crippen molar-refractivity contribution in [3.8, 4) is 5.75 Å². The standard InChI is InChI=1S/C23H28BrClN2O3/c1-3-13-26-23(29)20(4-2)27(14-12-17-8-6-5-7-9-17)22(28)16-30-21-11-10-18(25)15-19(21)24/h5-11,15,20H,3-4,12-14,16H2,1-2H3,(H,26,29). The summed E-state index contributed by atoms with van der Waals surface area (Å²) in [5, 5.41) is 3.48. The van der Waals surface area contributed by atoms with Crippen LogP contribution in [-0.2, 0) is 16.0 Å². The lowest BCUT2D eigenvalue weighted by Gasteiger charge is -2.30. The van der Waals surface area contributed by atoms with Crippen molar-refractivity contribution in [3.63, 3.8) is 0 Å². The number of hydrogen-bond donors (Lipinski definition) is 1. The molecule has 0 spiro atoms. The van der Waals surface area contributed by atoms with E-state index in [1.165, 1.54) is 0 Å². The van der Waals surface area contributed by atoms with Gasteiger partial charge in [-0.1, -0.05) is 55.8 Å². The van der Waals surface area contributed by atoms with Crippen LogP contribution in [0, 0.1) is 0 Å². The molecule has 0 aromatic heterocycles. The lowest BCUT2D eigenvalue weighted by atomic mass is 10.1. The second-order valence-electron chi connectivity index (χ2n) is 6.90. The minimum Gasteiger partial charge on any atom is -0.483 e. The summed E-state index contributed by atoms with van der Waals surface area (Å²) in [7, 11) is 0. The lowest BCUT2D eigenvalue weighted by Crippen LogP contribution is -2.51. The van der Waals surface area contributed by atoms with Gasteiger partial charge in [0, 0.05) is 18.1 Å². The molecule has 5 nitrogen and oxygen atoms in total. The highest BCUT2D eigenvalue weighted by Gasteiger charge is 2.28. The average molecular weight is 496 g/mol. The zero-order chi connectivity index (χ0) is 21.9. The number of nitrogens with one attached hydrogen (secondary N) is 1. The smallest absolute Gasteiger partial charge is 0.261 e. The first kappa shape index (κ1) is 24.2. The minimum absolute atomic E-state index is 0.131. The molecule has 2 rings (SSSR count). The Hall–Kier alpha value is -2.05. The molecule has 1 atom stereocenters. The largest absolute Gasteiger partial charge is 0.483 e. The number of amides is 2. The first-order valence-electron chi connectivity index (χ1n) is 10.1. The van der Waals surface area contributed by atoms with Gasteiger partial charge in [0.05, 0.1) is 4.47 Å². The van der Waals surface area contributed by atoms with Crippen LogP contribution in [0.2, 0.25) is 5.02 Å². The van der Waals surface area contributed by atoms with Gasteiger partial charge in [-0.3, -0.25) is 9.59 Å². The molecule has 2 aromatic rings. The third-order valence-corrected chi connectivity index (χ3v) is 5.52. The van der Waals surface area contributed by atoms with Gasteiger partial charge in [0.15, 0.2) is 6.61 Å². The van der Waals surface area contributed by atoms with Crippen LogP contribution in [0.25, 0.3) is 0 Å². The second kappa shape index (κ2) is 12.6. The predicted octanol–water partition coefficient (Wildman–Crippen LogP) is 4.86. The van der Waals surface area contributed by atoms with E-state index < -0.39 is 6.04 Å². The van der Waals surface area contributed by atoms with Crippen molar-refractivity contribution in [2.24, 2.45) is 0 Å². The molecule has 0 radical (unpaired) electrons. The molecule has 7 heteroatoms. The second-order valence-corrected chi connectivity index (χ2v) is 8.19. The van der Waals surface area contributed by atoms with E-state index in [0.717, 1.165) is 12.0 Å². The molecule has 30 heavy (non-hydrogen) atoms. The van der Waals surface area contributed by atoms with E-state index >= 15 is 0 Å². The molecule has 0 fully saturated rings. The van der Waals surface area contributed by atoms with Gasteiger partial charge < -0.3 is 15.0 Å². The van der Waals surface area contributed by atoms with Gasteiger partial charge in [0.25, 0.3) is 5.91 Å². The van der Waals surface area contributed by atoms with Crippen molar-refractivity contribution < 1.29 is 14.3 Å². The van der Waals surface area contributed by atoms with E-state index in [2.05, 4.69) is 21.2 Å². The van der Waals surface area contributed by atoms with Crippen molar-refractivity contribution >= 4 is 39.3 Å². The van der Waals surface area contributed by atoms with Gasteiger partial charge in [-0.15, -0.1) is 0 Å². The van der Waals surface area contributed by atoms with Gasteiger partial charge >= 0.3 is 0 Å². The van der Waals surface area contributed by atoms with E-state index in [1.807, 2.05) is 44.2 Å². The third kappa shape index (κ3) is 7.33. The van der Waals surface area contributed by atoms with Crippen LogP contribution in [-0.4, -0.2) is 42.5 Å². The van der Waals surface area contributed by atoms with Gasteiger partial charge in [-0.05, 0) is 59.0 Å². The van der Waals surface area contributed by atoms with Gasteiger partial charge in [-0.2, -0.15) is 0 Å². The van der Waals surface area contributed by atoms with Crippen LogP contribution in [0.15, 0.2) is 53.0 Å². The number of rotatable bonds is 11. The highest BCUT2D eigenvalue weighted by Crippen LogP contribution is 2.28. The van der Waals surface area contributed by atoms with Crippen molar-refractivity contribution in [1.82, 2.24) is 10.2 Å². The summed E-state index contributed by atoms with van der Waals surface area (Å²) < 4.78 is 6.39. The van der Waals surface area contributed by atoms with Crippen molar-refractivity contribution in [2.75, 3.05) is 19.7 Å². The summed E-state index contributed by atoms with van der Waals surface area (Å²) in [6.07, 6.45) is 2.03. The summed E-state index contributed by atoms with van der Waals surface area (Å²) in [5.41, 5.74) is 1.11. The Labute approximate surface area is 191 Å². The molecule has 0 bridgehead atoms. The van der Waals surface area contributed by atoms with Crippen molar-refractivity contribution in [1.29, 1.82) is 0 Å². The van der Waals surface area contributed by atoms with Gasteiger partial charge in [0.1, 0.15) is 11.8 Å². The number of benzene rings is 2. The fraction of sp³-hybridized carbons (Fsp3) is 0.391. The van der Waals surface area contributed by atoms with Crippen LogP contribution < -0.4 is 10.1 Å². The summed E-state index contributed by atoms with van der Waals surface area (Å²) in [6, 6.07) is 14.5. The molecule has 1 N–H and O–H groups in total. The van der Waals surface area contributed by atoms with E-state index in [-0.39, 0.29) is 18.4 Å². The molecular formula is C23H28BrClN2O3. The van der Waals surface area contributed by atoms with E-state index in [0.29, 0.717) is 41.2 Å². The highest BCUT2D eigenvalue weighted by molar-refractivity contribution is 9.10. The zero-order valence-corrected chi connectivity index (χ0v) is 19.7. The molecule has 1 unspecified atom stereocenters. The Morgan fingerprint density at radius 1 is 1.17 bits per heavy atom. The molecule has 0 heterocycles. The fourth-order valence-electron chi connectivity index (χ4n) is 3.08. The molecule has 0 saturated heterocycles. The predicted molar refractivity (Wildman–Crippen MR) is 124 cm³/mol. The Balaban J connectivity index is 2.12. The summed E-state index contributed by atoms with van der Waals surface area (Å²) >= 11 is 9.35. The van der Waals surface area contributed by atoms with Crippen molar-refractivity contribution in [2.45, 2.75) is 39.2 Å². The maximum atomic E-state index is 13.1. The van der Waals surface area contributed by atoms with Crippen molar-refractivity contribution in [3.05, 3.63) is 63.6 Å². The maximum absolute atomic E-state index is 13.1. The average Bonchev–Trinajstić information content (AvgIpc) is 2.74. The number of ether oxygens (including phenoxy) is 1. The van der Waals surface area contributed by atoms with Crippen LogP contribution >= 0.6 is 27.5 Å².